The number of thiophene rings is 1. The maximum Gasteiger partial charge on any atom is 0.286 e. The molecule has 1 aromatic rings. The number of carbonyl (C=O) groups is 1. The zero-order valence-electron chi connectivity index (χ0n) is 11.9. The molecule has 3 heterocycles. The Morgan fingerprint density at radius 1 is 1.32 bits per heavy atom. The Hall–Kier alpha value is -0.670. The normalized spacial score (nSPS) is 21.7. The van der Waals surface area contributed by atoms with E-state index in [1.54, 1.807) is 11.3 Å². The van der Waals surface area contributed by atoms with Crippen LogP contribution in [0.25, 0.3) is 6.08 Å². The van der Waals surface area contributed by atoms with Crippen LogP contribution in [-0.2, 0) is 4.79 Å². The first-order chi connectivity index (χ1) is 10.7. The molecule has 0 saturated carbocycles. The van der Waals surface area contributed by atoms with Crippen LogP contribution < -0.4 is 0 Å². The highest BCUT2D eigenvalue weighted by molar-refractivity contribution is 9.11. The lowest BCUT2D eigenvalue weighted by atomic mass is 10.3. The second-order valence-electron chi connectivity index (χ2n) is 5.00. The van der Waals surface area contributed by atoms with Crippen LogP contribution in [0.5, 0.6) is 0 Å². The van der Waals surface area contributed by atoms with Crippen molar-refractivity contribution in [2.75, 3.05) is 39.3 Å². The summed E-state index contributed by atoms with van der Waals surface area (Å²) in [5, 5.41) is 9.77. The van der Waals surface area contributed by atoms with Gasteiger partial charge in [-0.1, -0.05) is 0 Å². The molecule has 0 aliphatic carbocycles. The fraction of sp³-hybridized carbons (Fsp3) is 0.429. The Morgan fingerprint density at radius 3 is 2.73 bits per heavy atom. The van der Waals surface area contributed by atoms with E-state index in [1.165, 1.54) is 11.8 Å². The number of piperazine rings is 1. The summed E-state index contributed by atoms with van der Waals surface area (Å²) < 4.78 is 1.05. The molecular weight excluding hydrogens is 386 g/mol. The van der Waals surface area contributed by atoms with Gasteiger partial charge in [-0.05, 0) is 45.9 Å². The van der Waals surface area contributed by atoms with E-state index in [1.807, 2.05) is 18.2 Å². The largest absolute Gasteiger partial charge is 0.395 e. The zero-order chi connectivity index (χ0) is 15.5. The number of nitrogens with zero attached hydrogens (tertiary/aromatic N) is 3. The van der Waals surface area contributed by atoms with E-state index in [-0.39, 0.29) is 12.5 Å². The van der Waals surface area contributed by atoms with Crippen molar-refractivity contribution in [1.82, 2.24) is 9.80 Å². The smallest absolute Gasteiger partial charge is 0.286 e. The van der Waals surface area contributed by atoms with Gasteiger partial charge in [-0.25, -0.2) is 0 Å². The van der Waals surface area contributed by atoms with Crippen molar-refractivity contribution in [1.29, 1.82) is 0 Å². The molecule has 0 radical (unpaired) electrons. The molecule has 2 aliphatic heterocycles. The van der Waals surface area contributed by atoms with Gasteiger partial charge in [0.15, 0.2) is 5.17 Å². The fourth-order valence-electron chi connectivity index (χ4n) is 2.37. The number of amides is 1. The Balaban J connectivity index is 1.62. The summed E-state index contributed by atoms with van der Waals surface area (Å²) >= 11 is 6.48. The molecule has 1 aromatic heterocycles. The van der Waals surface area contributed by atoms with Gasteiger partial charge in [0, 0.05) is 37.6 Å². The lowest BCUT2D eigenvalue weighted by Crippen LogP contribution is -2.48. The number of hydrogen-bond donors (Lipinski definition) is 1. The third kappa shape index (κ3) is 3.80. The van der Waals surface area contributed by atoms with Crippen molar-refractivity contribution in [2.24, 2.45) is 4.99 Å². The Bertz CT molecular complexity index is 621. The van der Waals surface area contributed by atoms with Crippen LogP contribution in [-0.4, -0.2) is 65.3 Å². The first-order valence-electron chi connectivity index (χ1n) is 7.02. The van der Waals surface area contributed by atoms with Crippen molar-refractivity contribution in [3.05, 3.63) is 25.7 Å². The third-order valence-electron chi connectivity index (χ3n) is 3.54. The summed E-state index contributed by atoms with van der Waals surface area (Å²) in [6, 6.07) is 3.96. The highest BCUT2D eigenvalue weighted by Crippen LogP contribution is 2.33. The molecular formula is C14H16BrN3O2S2. The molecule has 1 fully saturated rings. The molecule has 8 heteroatoms. The summed E-state index contributed by atoms with van der Waals surface area (Å²) in [4.78, 5) is 22.3. The molecule has 3 rings (SSSR count). The van der Waals surface area contributed by atoms with Crippen LogP contribution in [0.15, 0.2) is 25.8 Å². The number of amidine groups is 1. The van der Waals surface area contributed by atoms with Crippen LogP contribution in [0, 0.1) is 0 Å². The van der Waals surface area contributed by atoms with E-state index in [4.69, 9.17) is 5.11 Å². The lowest BCUT2D eigenvalue weighted by molar-refractivity contribution is -0.113. The summed E-state index contributed by atoms with van der Waals surface area (Å²) in [5.74, 6) is -0.151. The van der Waals surface area contributed by atoms with Crippen LogP contribution in [0.2, 0.25) is 0 Å². The molecule has 0 bridgehead atoms. The molecule has 0 aromatic carbocycles. The molecule has 5 nitrogen and oxygen atoms in total. The molecule has 1 amide bonds. The first-order valence-corrected chi connectivity index (χ1v) is 9.44. The average molecular weight is 402 g/mol. The first kappa shape index (κ1) is 16.2. The lowest BCUT2D eigenvalue weighted by Gasteiger charge is -2.34. The minimum absolute atomic E-state index is 0.151. The van der Waals surface area contributed by atoms with E-state index in [2.05, 4.69) is 30.7 Å². The fourth-order valence-corrected chi connectivity index (χ4v) is 4.77. The van der Waals surface area contributed by atoms with E-state index >= 15 is 0 Å². The number of rotatable bonds is 3. The number of halogens is 1. The van der Waals surface area contributed by atoms with Gasteiger partial charge in [0.2, 0.25) is 0 Å². The number of aliphatic hydroxyl groups excluding tert-OH is 1. The molecule has 0 atom stereocenters. The van der Waals surface area contributed by atoms with Crippen LogP contribution in [0.1, 0.15) is 4.88 Å². The highest BCUT2D eigenvalue weighted by Gasteiger charge is 2.28. The average Bonchev–Trinajstić information content (AvgIpc) is 3.07. The van der Waals surface area contributed by atoms with Crippen molar-refractivity contribution in [2.45, 2.75) is 0 Å². The molecule has 0 unspecified atom stereocenters. The molecule has 118 valence electrons. The van der Waals surface area contributed by atoms with Gasteiger partial charge in [-0.2, -0.15) is 4.99 Å². The van der Waals surface area contributed by atoms with E-state index < -0.39 is 0 Å². The van der Waals surface area contributed by atoms with Crippen LogP contribution in [0.4, 0.5) is 0 Å². The molecule has 1 saturated heterocycles. The van der Waals surface area contributed by atoms with Crippen molar-refractivity contribution < 1.29 is 9.90 Å². The van der Waals surface area contributed by atoms with Gasteiger partial charge in [-0.3, -0.25) is 9.69 Å². The number of β-amino-alcohol motifs (C(OH)–C–C–N with tert-alkyl or cyclic N) is 1. The Kier molecular flexibility index (Phi) is 5.35. The molecule has 2 aliphatic rings. The van der Waals surface area contributed by atoms with Crippen molar-refractivity contribution in [3.8, 4) is 0 Å². The maximum absolute atomic E-state index is 12.1. The topological polar surface area (TPSA) is 56.1 Å². The van der Waals surface area contributed by atoms with Crippen LogP contribution >= 0.6 is 39.0 Å². The van der Waals surface area contributed by atoms with Gasteiger partial charge in [0.05, 0.1) is 15.3 Å². The van der Waals surface area contributed by atoms with Crippen molar-refractivity contribution >= 4 is 56.2 Å². The number of aliphatic imine (C=N–C) groups is 1. The SMILES string of the molecule is O=C1N=C(N2CCN(CCO)CC2)SC1=Cc1ccc(Br)s1. The van der Waals surface area contributed by atoms with E-state index in [9.17, 15) is 4.79 Å². The van der Waals surface area contributed by atoms with Gasteiger partial charge in [-0.15, -0.1) is 11.3 Å². The Morgan fingerprint density at radius 2 is 2.09 bits per heavy atom. The zero-order valence-corrected chi connectivity index (χ0v) is 15.1. The van der Waals surface area contributed by atoms with Gasteiger partial charge < -0.3 is 10.0 Å². The Labute approximate surface area is 145 Å². The second-order valence-corrected chi connectivity index (χ2v) is 8.51. The molecule has 1 N–H and O–H groups in total. The second kappa shape index (κ2) is 7.27. The monoisotopic (exact) mass is 401 g/mol. The standard InChI is InChI=1S/C14H16BrN3O2S2/c15-12-2-1-10(21-12)9-11-13(20)16-14(22-11)18-5-3-17(4-6-18)7-8-19/h1-2,9,19H,3-8H2. The number of carbonyl (C=O) groups excluding carboxylic acids is 1. The quantitative estimate of drug-likeness (QED) is 0.785. The van der Waals surface area contributed by atoms with Gasteiger partial charge in [0.25, 0.3) is 5.91 Å². The number of aliphatic hydroxyl groups is 1. The predicted octanol–water partition coefficient (Wildman–Crippen LogP) is 2.09. The summed E-state index contributed by atoms with van der Waals surface area (Å²) in [6.07, 6.45) is 1.90. The highest BCUT2D eigenvalue weighted by atomic mass is 79.9. The number of thioether (sulfide) groups is 1. The third-order valence-corrected chi connectivity index (χ3v) is 6.15. The summed E-state index contributed by atoms with van der Waals surface area (Å²) in [7, 11) is 0. The maximum atomic E-state index is 12.1. The van der Waals surface area contributed by atoms with Crippen molar-refractivity contribution in [3.63, 3.8) is 0 Å². The molecule has 0 spiro atoms. The summed E-state index contributed by atoms with van der Waals surface area (Å²) in [6.45, 7) is 4.38. The minimum atomic E-state index is -0.151. The number of hydrogen-bond acceptors (Lipinski definition) is 6. The van der Waals surface area contributed by atoms with Gasteiger partial charge in [0.1, 0.15) is 0 Å². The minimum Gasteiger partial charge on any atom is -0.395 e. The van der Waals surface area contributed by atoms with Gasteiger partial charge >= 0.3 is 0 Å². The molecule has 22 heavy (non-hydrogen) atoms. The predicted molar refractivity (Wildman–Crippen MR) is 95.1 cm³/mol. The van der Waals surface area contributed by atoms with E-state index in [0.717, 1.165) is 40.0 Å². The van der Waals surface area contributed by atoms with Crippen LogP contribution in [0.3, 0.4) is 0 Å². The van der Waals surface area contributed by atoms with E-state index in [0.29, 0.717) is 11.4 Å². The summed E-state index contributed by atoms with van der Waals surface area (Å²) in [5.41, 5.74) is 0.